The molecule has 1 aliphatic heterocycles. The van der Waals surface area contributed by atoms with Crippen molar-refractivity contribution in [1.82, 2.24) is 4.98 Å². The van der Waals surface area contributed by atoms with E-state index in [9.17, 15) is 18.0 Å². The molecule has 27 heavy (non-hydrogen) atoms. The van der Waals surface area contributed by atoms with Gasteiger partial charge in [-0.25, -0.2) is 4.98 Å². The highest BCUT2D eigenvalue weighted by Gasteiger charge is 2.29. The van der Waals surface area contributed by atoms with Crippen molar-refractivity contribution in [1.29, 1.82) is 0 Å². The monoisotopic (exact) mass is 399 g/mol. The molecule has 0 atom stereocenters. The van der Waals surface area contributed by atoms with E-state index in [2.05, 4.69) is 26.9 Å². The maximum absolute atomic E-state index is 12.4. The number of alkyl halides is 3. The number of amides is 1. The number of likely N-dealkylation sites (N-methyl/N-ethyl adjacent to an activating group) is 1. The van der Waals surface area contributed by atoms with Gasteiger partial charge in [-0.3, -0.25) is 4.79 Å². The molecule has 3 rings (SSSR count). The number of halogens is 4. The summed E-state index contributed by atoms with van der Waals surface area (Å²) < 4.78 is 41.1. The summed E-state index contributed by atoms with van der Waals surface area (Å²) in [6, 6.07) is 6.91. The van der Waals surface area contributed by atoms with Crippen molar-refractivity contribution in [2.24, 2.45) is 0 Å². The Morgan fingerprint density at radius 3 is 2.81 bits per heavy atom. The predicted molar refractivity (Wildman–Crippen MR) is 96.8 cm³/mol. The SMILES string of the molecule is CCN1CCc2ccc(NC(=O)c3cnc(OCC(F)(F)F)c(Cl)c3)cc21. The molecule has 0 saturated carbocycles. The van der Waals surface area contributed by atoms with Crippen LogP contribution in [0.25, 0.3) is 0 Å². The van der Waals surface area contributed by atoms with Crippen molar-refractivity contribution in [3.63, 3.8) is 0 Å². The normalized spacial score (nSPS) is 13.4. The molecular formula is C18H17ClF3N3O2. The first kappa shape index (κ1) is 19.3. The second-order valence-corrected chi connectivity index (χ2v) is 6.45. The third-order valence-electron chi connectivity index (χ3n) is 4.16. The van der Waals surface area contributed by atoms with E-state index in [0.29, 0.717) is 5.69 Å². The zero-order chi connectivity index (χ0) is 19.6. The highest BCUT2D eigenvalue weighted by Crippen LogP contribution is 2.31. The Morgan fingerprint density at radius 2 is 2.15 bits per heavy atom. The predicted octanol–water partition coefficient (Wildman–Crippen LogP) is 4.31. The van der Waals surface area contributed by atoms with E-state index in [1.807, 2.05) is 18.2 Å². The topological polar surface area (TPSA) is 54.5 Å². The summed E-state index contributed by atoms with van der Waals surface area (Å²) in [6.07, 6.45) is -2.41. The van der Waals surface area contributed by atoms with E-state index in [1.165, 1.54) is 11.6 Å². The van der Waals surface area contributed by atoms with Crippen molar-refractivity contribution in [3.8, 4) is 5.88 Å². The number of fused-ring (bicyclic) bond motifs is 1. The summed E-state index contributed by atoms with van der Waals surface area (Å²) in [7, 11) is 0. The molecule has 1 aromatic carbocycles. The van der Waals surface area contributed by atoms with Gasteiger partial charge in [-0.05, 0) is 37.1 Å². The van der Waals surface area contributed by atoms with E-state index >= 15 is 0 Å². The molecule has 0 unspecified atom stereocenters. The van der Waals surface area contributed by atoms with Gasteiger partial charge >= 0.3 is 6.18 Å². The van der Waals surface area contributed by atoms with Gasteiger partial charge in [-0.1, -0.05) is 17.7 Å². The molecule has 0 saturated heterocycles. The minimum absolute atomic E-state index is 0.118. The summed E-state index contributed by atoms with van der Waals surface area (Å²) in [6.45, 7) is 2.39. The molecule has 0 radical (unpaired) electrons. The van der Waals surface area contributed by atoms with Gasteiger partial charge in [-0.15, -0.1) is 0 Å². The number of carbonyl (C=O) groups is 1. The van der Waals surface area contributed by atoms with Gasteiger partial charge in [0.25, 0.3) is 5.91 Å². The Balaban J connectivity index is 1.71. The molecule has 0 bridgehead atoms. The molecule has 1 N–H and O–H groups in total. The fraction of sp³-hybridized carbons (Fsp3) is 0.333. The molecule has 1 aromatic heterocycles. The van der Waals surface area contributed by atoms with Crippen molar-refractivity contribution < 1.29 is 22.7 Å². The van der Waals surface area contributed by atoms with Crippen LogP contribution in [0.4, 0.5) is 24.5 Å². The number of hydrogen-bond donors (Lipinski definition) is 1. The largest absolute Gasteiger partial charge is 0.467 e. The maximum Gasteiger partial charge on any atom is 0.422 e. The Bertz CT molecular complexity index is 858. The highest BCUT2D eigenvalue weighted by atomic mass is 35.5. The third kappa shape index (κ3) is 4.63. The first-order valence-electron chi connectivity index (χ1n) is 8.31. The van der Waals surface area contributed by atoms with Gasteiger partial charge in [0.2, 0.25) is 5.88 Å². The average Bonchev–Trinajstić information content (AvgIpc) is 3.02. The second-order valence-electron chi connectivity index (χ2n) is 6.04. The first-order valence-corrected chi connectivity index (χ1v) is 8.69. The van der Waals surface area contributed by atoms with Crippen LogP contribution in [0.1, 0.15) is 22.8 Å². The lowest BCUT2D eigenvalue weighted by Gasteiger charge is -2.17. The molecule has 9 heteroatoms. The lowest BCUT2D eigenvalue weighted by molar-refractivity contribution is -0.154. The quantitative estimate of drug-likeness (QED) is 0.814. The van der Waals surface area contributed by atoms with Gasteiger partial charge in [0, 0.05) is 30.7 Å². The van der Waals surface area contributed by atoms with Crippen LogP contribution in [0.2, 0.25) is 5.02 Å². The highest BCUT2D eigenvalue weighted by molar-refractivity contribution is 6.32. The van der Waals surface area contributed by atoms with Crippen LogP contribution in [0.3, 0.4) is 0 Å². The summed E-state index contributed by atoms with van der Waals surface area (Å²) in [5.41, 5.74) is 3.05. The number of pyridine rings is 1. The van der Waals surface area contributed by atoms with Crippen LogP contribution in [0.5, 0.6) is 5.88 Å². The van der Waals surface area contributed by atoms with E-state index in [1.54, 1.807) is 0 Å². The lowest BCUT2D eigenvalue weighted by Crippen LogP contribution is -2.20. The number of nitrogens with zero attached hydrogens (tertiary/aromatic N) is 2. The molecular weight excluding hydrogens is 383 g/mol. The summed E-state index contributed by atoms with van der Waals surface area (Å²) in [4.78, 5) is 18.3. The van der Waals surface area contributed by atoms with Crippen LogP contribution in [-0.2, 0) is 6.42 Å². The molecule has 1 aliphatic rings. The number of hydrogen-bond acceptors (Lipinski definition) is 4. The summed E-state index contributed by atoms with van der Waals surface area (Å²) >= 11 is 5.88. The first-order chi connectivity index (χ1) is 12.8. The molecule has 0 aliphatic carbocycles. The standard InChI is InChI=1S/C18H17ClF3N3O2/c1-2-25-6-5-11-3-4-13(8-15(11)25)24-16(26)12-7-14(19)17(23-9-12)27-10-18(20,21)22/h3-4,7-9H,2,5-6,10H2,1H3,(H,24,26). The van der Waals surface area contributed by atoms with Crippen LogP contribution in [0.15, 0.2) is 30.5 Å². The van der Waals surface area contributed by atoms with E-state index in [0.717, 1.165) is 31.4 Å². The number of rotatable bonds is 5. The van der Waals surface area contributed by atoms with Crippen LogP contribution >= 0.6 is 11.6 Å². The molecule has 2 aromatic rings. The Kier molecular flexibility index (Phi) is 5.46. The maximum atomic E-state index is 12.4. The van der Waals surface area contributed by atoms with Crippen molar-refractivity contribution in [2.45, 2.75) is 19.5 Å². The average molecular weight is 400 g/mol. The zero-order valence-electron chi connectivity index (χ0n) is 14.4. The van der Waals surface area contributed by atoms with Gasteiger partial charge in [-0.2, -0.15) is 13.2 Å². The lowest BCUT2D eigenvalue weighted by atomic mass is 10.1. The van der Waals surface area contributed by atoms with Crippen molar-refractivity contribution in [3.05, 3.63) is 46.6 Å². The molecule has 5 nitrogen and oxygen atoms in total. The molecule has 0 fully saturated rings. The molecule has 0 spiro atoms. The Morgan fingerprint density at radius 1 is 1.37 bits per heavy atom. The van der Waals surface area contributed by atoms with Crippen LogP contribution in [0, 0.1) is 0 Å². The van der Waals surface area contributed by atoms with Gasteiger partial charge in [0.1, 0.15) is 5.02 Å². The Hall–Kier alpha value is -2.48. The summed E-state index contributed by atoms with van der Waals surface area (Å²) in [5, 5.41) is 2.58. The minimum Gasteiger partial charge on any atom is -0.467 e. The van der Waals surface area contributed by atoms with Crippen LogP contribution in [-0.4, -0.2) is 36.8 Å². The number of anilines is 2. The van der Waals surface area contributed by atoms with Crippen molar-refractivity contribution >= 4 is 28.9 Å². The third-order valence-corrected chi connectivity index (χ3v) is 4.43. The minimum atomic E-state index is -4.50. The van der Waals surface area contributed by atoms with E-state index in [-0.39, 0.29) is 16.5 Å². The van der Waals surface area contributed by atoms with E-state index in [4.69, 9.17) is 11.6 Å². The number of ether oxygens (including phenoxy) is 1. The fourth-order valence-corrected chi connectivity index (χ4v) is 3.08. The molecule has 2 heterocycles. The molecule has 144 valence electrons. The van der Waals surface area contributed by atoms with Gasteiger partial charge in [0.15, 0.2) is 6.61 Å². The van der Waals surface area contributed by atoms with Crippen molar-refractivity contribution in [2.75, 3.05) is 29.9 Å². The smallest absolute Gasteiger partial charge is 0.422 e. The van der Waals surface area contributed by atoms with E-state index < -0.39 is 18.7 Å². The molecule has 1 amide bonds. The number of benzene rings is 1. The van der Waals surface area contributed by atoms with Crippen LogP contribution < -0.4 is 15.0 Å². The van der Waals surface area contributed by atoms with Gasteiger partial charge in [0.05, 0.1) is 5.56 Å². The van der Waals surface area contributed by atoms with Gasteiger partial charge < -0.3 is 15.0 Å². The Labute approximate surface area is 159 Å². The summed E-state index contributed by atoms with van der Waals surface area (Å²) in [5.74, 6) is -0.838. The second kappa shape index (κ2) is 7.64. The number of nitrogens with one attached hydrogen (secondary N) is 1. The zero-order valence-corrected chi connectivity index (χ0v) is 15.2. The fourth-order valence-electron chi connectivity index (χ4n) is 2.86. The number of carbonyl (C=O) groups excluding carboxylic acids is 1. The number of aromatic nitrogens is 1.